The summed E-state index contributed by atoms with van der Waals surface area (Å²) >= 11 is 0. The SMILES string of the molecule is C1=CCc2c3c([nH]c2=C1)=CN=CC3. The first kappa shape index (κ1) is 6.89. The zero-order valence-corrected chi connectivity index (χ0v) is 7.25. The van der Waals surface area contributed by atoms with E-state index in [0.717, 1.165) is 12.8 Å². The second-order valence-corrected chi connectivity index (χ2v) is 3.37. The molecule has 0 amide bonds. The number of aliphatic imine (C=N–C) groups is 1. The number of nitrogens with zero attached hydrogens (tertiary/aromatic N) is 1. The zero-order chi connectivity index (χ0) is 8.67. The van der Waals surface area contributed by atoms with Crippen molar-refractivity contribution in [2.75, 3.05) is 0 Å². The third kappa shape index (κ3) is 0.917. The van der Waals surface area contributed by atoms with E-state index in [-0.39, 0.29) is 0 Å². The summed E-state index contributed by atoms with van der Waals surface area (Å²) in [6.07, 6.45) is 12.3. The van der Waals surface area contributed by atoms with Gasteiger partial charge in [0, 0.05) is 18.0 Å². The first-order valence-corrected chi connectivity index (χ1v) is 4.53. The van der Waals surface area contributed by atoms with Crippen LogP contribution in [0, 0.1) is 0 Å². The largest absolute Gasteiger partial charge is 0.354 e. The van der Waals surface area contributed by atoms with Crippen LogP contribution < -0.4 is 10.7 Å². The molecule has 0 bridgehead atoms. The van der Waals surface area contributed by atoms with E-state index in [1.165, 1.54) is 21.8 Å². The van der Waals surface area contributed by atoms with Crippen molar-refractivity contribution in [3.63, 3.8) is 0 Å². The molecule has 1 aliphatic carbocycles. The summed E-state index contributed by atoms with van der Waals surface area (Å²) in [5.74, 6) is 0. The molecule has 0 saturated carbocycles. The Labute approximate surface area is 76.0 Å². The maximum Gasteiger partial charge on any atom is 0.0610 e. The van der Waals surface area contributed by atoms with Gasteiger partial charge in [-0.2, -0.15) is 0 Å². The summed E-state index contributed by atoms with van der Waals surface area (Å²) in [6.45, 7) is 0. The summed E-state index contributed by atoms with van der Waals surface area (Å²) < 4.78 is 0. The molecule has 64 valence electrons. The molecule has 2 nitrogen and oxygen atoms in total. The third-order valence-corrected chi connectivity index (χ3v) is 2.61. The molecule has 2 heterocycles. The Morgan fingerprint density at radius 3 is 3.08 bits per heavy atom. The molecule has 0 radical (unpaired) electrons. The predicted octanol–water partition coefficient (Wildman–Crippen LogP) is 0.272. The van der Waals surface area contributed by atoms with E-state index in [2.05, 4.69) is 28.2 Å². The molecule has 2 heteroatoms. The van der Waals surface area contributed by atoms with E-state index in [1.807, 2.05) is 12.4 Å². The average Bonchev–Trinajstić information content (AvgIpc) is 2.56. The van der Waals surface area contributed by atoms with Gasteiger partial charge >= 0.3 is 0 Å². The van der Waals surface area contributed by atoms with Gasteiger partial charge in [0.2, 0.25) is 0 Å². The van der Waals surface area contributed by atoms with Crippen molar-refractivity contribution in [1.29, 1.82) is 0 Å². The lowest BCUT2D eigenvalue weighted by Crippen LogP contribution is -2.13. The topological polar surface area (TPSA) is 28.1 Å². The van der Waals surface area contributed by atoms with Crippen molar-refractivity contribution in [2.24, 2.45) is 4.99 Å². The zero-order valence-electron chi connectivity index (χ0n) is 7.25. The van der Waals surface area contributed by atoms with Gasteiger partial charge in [-0.15, -0.1) is 0 Å². The van der Waals surface area contributed by atoms with Gasteiger partial charge in [0.1, 0.15) is 0 Å². The average molecular weight is 170 g/mol. The molecule has 1 aromatic heterocycles. The second kappa shape index (κ2) is 2.46. The number of rotatable bonds is 0. The van der Waals surface area contributed by atoms with Crippen molar-refractivity contribution in [1.82, 2.24) is 4.98 Å². The summed E-state index contributed by atoms with van der Waals surface area (Å²) in [5, 5.41) is 2.45. The molecule has 3 rings (SSSR count). The van der Waals surface area contributed by atoms with E-state index < -0.39 is 0 Å². The van der Waals surface area contributed by atoms with Gasteiger partial charge in [-0.3, -0.25) is 4.99 Å². The van der Waals surface area contributed by atoms with Crippen LogP contribution in [0.5, 0.6) is 0 Å². The van der Waals surface area contributed by atoms with Crippen LogP contribution >= 0.6 is 0 Å². The Morgan fingerprint density at radius 2 is 2.08 bits per heavy atom. The van der Waals surface area contributed by atoms with Crippen molar-refractivity contribution in [2.45, 2.75) is 12.8 Å². The van der Waals surface area contributed by atoms with E-state index in [0.29, 0.717) is 0 Å². The Bertz CT molecular complexity index is 469. The first-order chi connectivity index (χ1) is 6.45. The van der Waals surface area contributed by atoms with Crippen LogP contribution in [0.2, 0.25) is 0 Å². The van der Waals surface area contributed by atoms with Crippen molar-refractivity contribution < 1.29 is 0 Å². The lowest BCUT2D eigenvalue weighted by Gasteiger charge is -2.02. The lowest BCUT2D eigenvalue weighted by atomic mass is 10.0. The van der Waals surface area contributed by atoms with E-state index in [9.17, 15) is 0 Å². The number of H-pyrrole nitrogens is 1. The number of hydrogen-bond acceptors (Lipinski definition) is 1. The van der Waals surface area contributed by atoms with Crippen LogP contribution in [-0.4, -0.2) is 11.2 Å². The molecule has 0 spiro atoms. The highest BCUT2D eigenvalue weighted by Crippen LogP contribution is 2.06. The molecule has 2 aliphatic rings. The lowest BCUT2D eigenvalue weighted by molar-refractivity contribution is 1.17. The summed E-state index contributed by atoms with van der Waals surface area (Å²) in [7, 11) is 0. The molecule has 0 saturated heterocycles. The highest BCUT2D eigenvalue weighted by atomic mass is 14.8. The van der Waals surface area contributed by atoms with Crippen molar-refractivity contribution >= 4 is 18.5 Å². The Hall–Kier alpha value is -1.57. The maximum absolute atomic E-state index is 4.15. The standard InChI is InChI=1S/C11H10N2/c1-2-4-10-8(3-1)9-5-6-12-7-11(9)13-10/h1-2,4,6-7,13H,3,5H2. The normalized spacial score (nSPS) is 17.2. The van der Waals surface area contributed by atoms with Gasteiger partial charge in [0.15, 0.2) is 0 Å². The maximum atomic E-state index is 4.15. The quantitative estimate of drug-likeness (QED) is 0.579. The van der Waals surface area contributed by atoms with E-state index >= 15 is 0 Å². The molecule has 1 aromatic rings. The minimum Gasteiger partial charge on any atom is -0.354 e. The monoisotopic (exact) mass is 170 g/mol. The van der Waals surface area contributed by atoms with Crippen LogP contribution in [0.1, 0.15) is 11.1 Å². The van der Waals surface area contributed by atoms with Gasteiger partial charge < -0.3 is 4.98 Å². The smallest absolute Gasteiger partial charge is 0.0610 e. The Balaban J connectivity index is 2.39. The van der Waals surface area contributed by atoms with Crippen molar-refractivity contribution in [3.8, 4) is 0 Å². The fraction of sp³-hybridized carbons (Fsp3) is 0.182. The Kier molecular flexibility index (Phi) is 1.30. The van der Waals surface area contributed by atoms with Gasteiger partial charge in [-0.25, -0.2) is 0 Å². The van der Waals surface area contributed by atoms with Crippen LogP contribution in [0.3, 0.4) is 0 Å². The molecular formula is C11H10N2. The van der Waals surface area contributed by atoms with Gasteiger partial charge in [0.05, 0.1) is 11.5 Å². The number of fused-ring (bicyclic) bond motifs is 3. The van der Waals surface area contributed by atoms with Crippen LogP contribution in [0.25, 0.3) is 12.3 Å². The summed E-state index contributed by atoms with van der Waals surface area (Å²) in [5.41, 5.74) is 2.87. The summed E-state index contributed by atoms with van der Waals surface area (Å²) in [6, 6.07) is 0. The van der Waals surface area contributed by atoms with Gasteiger partial charge in [-0.05, 0) is 23.6 Å². The highest BCUT2D eigenvalue weighted by Gasteiger charge is 2.10. The molecule has 1 aliphatic heterocycles. The number of aromatic nitrogens is 1. The van der Waals surface area contributed by atoms with Crippen LogP contribution in [-0.2, 0) is 12.8 Å². The fourth-order valence-corrected chi connectivity index (χ4v) is 1.96. The van der Waals surface area contributed by atoms with Gasteiger partial charge in [0.25, 0.3) is 0 Å². The molecule has 1 N–H and O–H groups in total. The molecule has 0 unspecified atom stereocenters. The number of allylic oxidation sites excluding steroid dienone is 2. The van der Waals surface area contributed by atoms with Crippen molar-refractivity contribution in [3.05, 3.63) is 34.0 Å². The number of aromatic amines is 1. The number of nitrogens with one attached hydrogen (secondary N) is 1. The minimum absolute atomic E-state index is 0.972. The first-order valence-electron chi connectivity index (χ1n) is 4.53. The number of hydrogen-bond donors (Lipinski definition) is 1. The van der Waals surface area contributed by atoms with E-state index in [1.54, 1.807) is 0 Å². The van der Waals surface area contributed by atoms with Gasteiger partial charge in [-0.1, -0.05) is 12.2 Å². The highest BCUT2D eigenvalue weighted by molar-refractivity contribution is 5.69. The molecule has 0 atom stereocenters. The fourth-order valence-electron chi connectivity index (χ4n) is 1.96. The van der Waals surface area contributed by atoms with Crippen LogP contribution in [0.4, 0.5) is 0 Å². The van der Waals surface area contributed by atoms with Crippen LogP contribution in [0.15, 0.2) is 17.1 Å². The Morgan fingerprint density at radius 1 is 1.15 bits per heavy atom. The molecule has 0 aromatic carbocycles. The summed E-state index contributed by atoms with van der Waals surface area (Å²) in [4.78, 5) is 7.52. The predicted molar refractivity (Wildman–Crippen MR) is 54.0 cm³/mol. The molecular weight excluding hydrogens is 160 g/mol. The van der Waals surface area contributed by atoms with E-state index in [4.69, 9.17) is 0 Å². The molecule has 13 heavy (non-hydrogen) atoms. The minimum atomic E-state index is 0.972. The molecule has 0 fully saturated rings. The third-order valence-electron chi connectivity index (χ3n) is 2.61. The second-order valence-electron chi connectivity index (χ2n) is 3.37.